The lowest BCUT2D eigenvalue weighted by Gasteiger charge is -1.90. The van der Waals surface area contributed by atoms with Gasteiger partial charge in [0.1, 0.15) is 0 Å². The molecule has 0 radical (unpaired) electrons. The van der Waals surface area contributed by atoms with Crippen LogP contribution in [0.25, 0.3) is 0 Å². The fourth-order valence-corrected chi connectivity index (χ4v) is 0. The Morgan fingerprint density at radius 1 is 1.15 bits per heavy atom. The Bertz CT molecular complexity index is 120. The van der Waals surface area contributed by atoms with E-state index in [9.17, 15) is 0 Å². The minimum Gasteiger partial charge on any atom is -0.361 e. The lowest BCUT2D eigenvalue weighted by atomic mass is 10.2. The molecule has 0 fully saturated rings. The first-order valence-corrected chi connectivity index (χ1v) is 4.60. The molecule has 0 heterocycles. The van der Waals surface area contributed by atoms with Crippen molar-refractivity contribution in [2.75, 3.05) is 0 Å². The first-order chi connectivity index (χ1) is 5.73. The van der Waals surface area contributed by atoms with Gasteiger partial charge in [-0.05, 0) is 5.92 Å². The summed E-state index contributed by atoms with van der Waals surface area (Å²) < 4.78 is 0. The van der Waals surface area contributed by atoms with Crippen molar-refractivity contribution >= 4 is 35.7 Å². The third kappa shape index (κ3) is 402. The van der Waals surface area contributed by atoms with E-state index >= 15 is 0 Å². The molecule has 0 aromatic rings. The van der Waals surface area contributed by atoms with Crippen LogP contribution in [0.4, 0.5) is 9.59 Å². The van der Waals surface area contributed by atoms with Crippen molar-refractivity contribution in [1.29, 1.82) is 0 Å². The molecule has 0 atom stereocenters. The van der Waals surface area contributed by atoms with Crippen molar-refractivity contribution in [3.05, 3.63) is 0 Å². The summed E-state index contributed by atoms with van der Waals surface area (Å²) in [6.45, 7) is 6.64. The summed E-state index contributed by atoms with van der Waals surface area (Å²) in [6.07, 6.45) is 1.31. The normalized spacial score (nSPS) is 7.54. The molecule has 6 heteroatoms. The van der Waals surface area contributed by atoms with Crippen molar-refractivity contribution in [2.45, 2.75) is 27.2 Å². The van der Waals surface area contributed by atoms with Crippen LogP contribution >= 0.6 is 25.3 Å². The van der Waals surface area contributed by atoms with Crippen LogP contribution in [-0.2, 0) is 0 Å². The molecule has 4 N–H and O–H groups in total. The molecular weight excluding hydrogens is 208 g/mol. The SMILES string of the molecule is CCC(C)C.NC(=O)S.NC(=O)S. The summed E-state index contributed by atoms with van der Waals surface area (Å²) in [7, 11) is 0. The minimum absolute atomic E-state index is 0.639. The Balaban J connectivity index is -0.000000117. The highest BCUT2D eigenvalue weighted by atomic mass is 32.1. The molecule has 0 rings (SSSR count). The molecule has 0 saturated heterocycles. The number of carbonyl (C=O) groups is 2. The summed E-state index contributed by atoms with van der Waals surface area (Å²) in [6, 6.07) is 0. The van der Waals surface area contributed by atoms with E-state index in [2.05, 4.69) is 57.5 Å². The first kappa shape index (κ1) is 18.4. The largest absolute Gasteiger partial charge is 0.361 e. The molecule has 4 nitrogen and oxygen atoms in total. The molecule has 0 spiro atoms. The molecule has 0 aromatic carbocycles. The fraction of sp³-hybridized carbons (Fsp3) is 0.714. The Kier molecular flexibility index (Phi) is 20.1. The monoisotopic (exact) mass is 226 g/mol. The Hall–Kier alpha value is -0.360. The zero-order valence-corrected chi connectivity index (χ0v) is 9.94. The van der Waals surface area contributed by atoms with Gasteiger partial charge in [-0.25, -0.2) is 0 Å². The predicted octanol–water partition coefficient (Wildman–Crippen LogP) is 2.04. The highest BCUT2D eigenvalue weighted by Gasteiger charge is 1.80. The number of carbonyl (C=O) groups excluding carboxylic acids is 2. The highest BCUT2D eigenvalue weighted by molar-refractivity contribution is 7.96. The third-order valence-electron chi connectivity index (χ3n) is 0.816. The van der Waals surface area contributed by atoms with E-state index in [4.69, 9.17) is 9.59 Å². The van der Waals surface area contributed by atoms with Gasteiger partial charge in [0.15, 0.2) is 0 Å². The molecular formula is C7H18N2O2S2. The number of amides is 2. The molecule has 0 aliphatic carbocycles. The van der Waals surface area contributed by atoms with Gasteiger partial charge in [-0.3, -0.25) is 9.59 Å². The molecule has 13 heavy (non-hydrogen) atoms. The van der Waals surface area contributed by atoms with Gasteiger partial charge in [-0.2, -0.15) is 0 Å². The molecule has 2 amide bonds. The zero-order valence-electron chi connectivity index (χ0n) is 8.15. The predicted molar refractivity (Wildman–Crippen MR) is 62.3 cm³/mol. The number of thiol groups is 2. The first-order valence-electron chi connectivity index (χ1n) is 3.70. The topological polar surface area (TPSA) is 86.2 Å². The Morgan fingerprint density at radius 2 is 1.23 bits per heavy atom. The number of hydrogen-bond donors (Lipinski definition) is 4. The lowest BCUT2D eigenvalue weighted by Crippen LogP contribution is -1.95. The number of primary amides is 2. The molecule has 0 aliphatic heterocycles. The highest BCUT2D eigenvalue weighted by Crippen LogP contribution is 1.93. The maximum Gasteiger partial charge on any atom is 0.273 e. The molecule has 0 aliphatic rings. The summed E-state index contributed by atoms with van der Waals surface area (Å²) in [5.41, 5.74) is 8.67. The van der Waals surface area contributed by atoms with Gasteiger partial charge >= 0.3 is 0 Å². The maximum absolute atomic E-state index is 9.09. The second-order valence-electron chi connectivity index (χ2n) is 2.48. The van der Waals surface area contributed by atoms with Crippen molar-refractivity contribution in [3.63, 3.8) is 0 Å². The number of nitrogens with two attached hydrogens (primary N) is 2. The van der Waals surface area contributed by atoms with Crippen molar-refractivity contribution in [1.82, 2.24) is 0 Å². The summed E-state index contributed by atoms with van der Waals surface area (Å²) in [4.78, 5) is 18.2. The van der Waals surface area contributed by atoms with Gasteiger partial charge in [-0.1, -0.05) is 52.4 Å². The van der Waals surface area contributed by atoms with Gasteiger partial charge in [0, 0.05) is 0 Å². The van der Waals surface area contributed by atoms with Crippen LogP contribution in [0.15, 0.2) is 0 Å². The van der Waals surface area contributed by atoms with Crippen molar-refractivity contribution in [2.24, 2.45) is 17.4 Å². The molecule has 80 valence electrons. The van der Waals surface area contributed by atoms with Crippen LogP contribution in [0.5, 0.6) is 0 Å². The second-order valence-corrected chi connectivity index (χ2v) is 3.36. The Labute approximate surface area is 90.3 Å². The summed E-state index contributed by atoms with van der Waals surface area (Å²) in [5, 5.41) is -1.28. The van der Waals surface area contributed by atoms with E-state index in [-0.39, 0.29) is 0 Å². The minimum atomic E-state index is -0.639. The van der Waals surface area contributed by atoms with Gasteiger partial charge in [0.2, 0.25) is 0 Å². The Morgan fingerprint density at radius 3 is 1.23 bits per heavy atom. The molecule has 0 saturated carbocycles. The van der Waals surface area contributed by atoms with Crippen molar-refractivity contribution < 1.29 is 9.59 Å². The van der Waals surface area contributed by atoms with Crippen LogP contribution in [0.3, 0.4) is 0 Å². The fourth-order valence-electron chi connectivity index (χ4n) is 0. The third-order valence-corrected chi connectivity index (χ3v) is 0.816. The van der Waals surface area contributed by atoms with E-state index in [0.29, 0.717) is 0 Å². The van der Waals surface area contributed by atoms with Crippen molar-refractivity contribution in [3.8, 4) is 0 Å². The van der Waals surface area contributed by atoms with Gasteiger partial charge in [0.25, 0.3) is 10.5 Å². The van der Waals surface area contributed by atoms with E-state index in [1.807, 2.05) is 0 Å². The number of hydrogen-bond acceptors (Lipinski definition) is 2. The van der Waals surface area contributed by atoms with E-state index in [0.717, 1.165) is 5.92 Å². The van der Waals surface area contributed by atoms with Crippen LogP contribution in [0.1, 0.15) is 27.2 Å². The van der Waals surface area contributed by atoms with Gasteiger partial charge < -0.3 is 11.5 Å². The lowest BCUT2D eigenvalue weighted by molar-refractivity contribution is 0.266. The van der Waals surface area contributed by atoms with E-state index in [1.54, 1.807) is 0 Å². The average molecular weight is 226 g/mol. The van der Waals surface area contributed by atoms with Crippen LogP contribution in [0, 0.1) is 5.92 Å². The van der Waals surface area contributed by atoms with E-state index < -0.39 is 10.5 Å². The summed E-state index contributed by atoms with van der Waals surface area (Å²) >= 11 is 6.21. The molecule has 0 unspecified atom stereocenters. The molecule has 0 bridgehead atoms. The number of rotatable bonds is 1. The average Bonchev–Trinajstić information content (AvgIpc) is 1.84. The van der Waals surface area contributed by atoms with Crippen LogP contribution in [-0.4, -0.2) is 10.5 Å². The maximum atomic E-state index is 9.09. The van der Waals surface area contributed by atoms with Crippen LogP contribution < -0.4 is 11.5 Å². The second kappa shape index (κ2) is 14.2. The van der Waals surface area contributed by atoms with Gasteiger partial charge in [-0.15, -0.1) is 0 Å². The van der Waals surface area contributed by atoms with Crippen LogP contribution in [0.2, 0.25) is 0 Å². The standard InChI is InChI=1S/C5H12.2CH3NOS/c1-4-5(2)3;2*2-1(3)4/h5H,4H2,1-3H3;2*(H3,2,3,4). The van der Waals surface area contributed by atoms with E-state index in [1.165, 1.54) is 6.42 Å². The van der Waals surface area contributed by atoms with Gasteiger partial charge in [0.05, 0.1) is 0 Å². The smallest absolute Gasteiger partial charge is 0.273 e. The zero-order chi connectivity index (χ0) is 11.4. The quantitative estimate of drug-likeness (QED) is 0.516. The molecule has 0 aromatic heterocycles. The summed E-state index contributed by atoms with van der Waals surface area (Å²) in [5.74, 6) is 0.884.